The highest BCUT2D eigenvalue weighted by Crippen LogP contribution is 2.30. The van der Waals surface area contributed by atoms with Gasteiger partial charge in [-0.15, -0.1) is 0 Å². The summed E-state index contributed by atoms with van der Waals surface area (Å²) < 4.78 is 5.87. The molecule has 2 rings (SSSR count). The fourth-order valence-corrected chi connectivity index (χ4v) is 2.96. The third kappa shape index (κ3) is 3.63. The van der Waals surface area contributed by atoms with Crippen LogP contribution in [0.5, 0.6) is 5.75 Å². The van der Waals surface area contributed by atoms with Gasteiger partial charge in [-0.2, -0.15) is 0 Å². The zero-order chi connectivity index (χ0) is 13.0. The number of benzene rings is 1. The number of hydrogen-bond donors (Lipinski definition) is 1. The maximum atomic E-state index is 6.22. The Morgan fingerprint density at radius 1 is 1.28 bits per heavy atom. The smallest absolute Gasteiger partial charge is 0.140 e. The molecule has 1 heterocycles. The van der Waals surface area contributed by atoms with Crippen molar-refractivity contribution in [1.29, 1.82) is 0 Å². The molecule has 1 aromatic carbocycles. The number of nitrogens with one attached hydrogen (secondary N) is 1. The van der Waals surface area contributed by atoms with Crippen LogP contribution in [0.25, 0.3) is 0 Å². The van der Waals surface area contributed by atoms with Crippen LogP contribution in [0.2, 0.25) is 5.02 Å². The van der Waals surface area contributed by atoms with Crippen molar-refractivity contribution >= 4 is 11.6 Å². The number of ether oxygens (including phenoxy) is 1. The standard InChI is InChI=1S/C15H22ClNO/c1-11-9-12(2)15(14(16)10-11)18-8-5-13-3-6-17-7-4-13/h9-10,13,17H,3-8H2,1-2H3. The summed E-state index contributed by atoms with van der Waals surface area (Å²) in [6, 6.07) is 4.08. The molecule has 1 aliphatic heterocycles. The average molecular weight is 268 g/mol. The van der Waals surface area contributed by atoms with E-state index in [1.54, 1.807) is 0 Å². The first-order chi connectivity index (χ1) is 8.66. The summed E-state index contributed by atoms with van der Waals surface area (Å²) in [6.07, 6.45) is 3.67. The maximum absolute atomic E-state index is 6.22. The minimum absolute atomic E-state index is 0.734. The fraction of sp³-hybridized carbons (Fsp3) is 0.600. The number of piperidine rings is 1. The third-order valence-electron chi connectivity index (χ3n) is 3.60. The van der Waals surface area contributed by atoms with E-state index in [2.05, 4.69) is 25.2 Å². The number of aryl methyl sites for hydroxylation is 2. The first-order valence-corrected chi connectivity index (χ1v) is 7.15. The summed E-state index contributed by atoms with van der Waals surface area (Å²) >= 11 is 6.22. The molecule has 3 heteroatoms. The molecule has 1 fully saturated rings. The van der Waals surface area contributed by atoms with E-state index < -0.39 is 0 Å². The lowest BCUT2D eigenvalue weighted by Crippen LogP contribution is -2.28. The molecule has 0 spiro atoms. The Kier molecular flexibility index (Phi) is 4.90. The van der Waals surface area contributed by atoms with E-state index in [0.29, 0.717) is 0 Å². The van der Waals surface area contributed by atoms with E-state index in [9.17, 15) is 0 Å². The minimum Gasteiger partial charge on any atom is -0.492 e. The summed E-state index contributed by atoms with van der Waals surface area (Å²) in [5, 5.41) is 4.12. The van der Waals surface area contributed by atoms with E-state index in [1.165, 1.54) is 18.4 Å². The van der Waals surface area contributed by atoms with Crippen LogP contribution < -0.4 is 10.1 Å². The van der Waals surface area contributed by atoms with Crippen LogP contribution >= 0.6 is 11.6 Å². The monoisotopic (exact) mass is 267 g/mol. The molecule has 0 saturated carbocycles. The van der Waals surface area contributed by atoms with Crippen LogP contribution in [-0.4, -0.2) is 19.7 Å². The maximum Gasteiger partial charge on any atom is 0.140 e. The number of rotatable bonds is 4. The van der Waals surface area contributed by atoms with E-state index in [4.69, 9.17) is 16.3 Å². The molecule has 1 aromatic rings. The topological polar surface area (TPSA) is 21.3 Å². The van der Waals surface area contributed by atoms with Crippen molar-refractivity contribution in [3.8, 4) is 5.75 Å². The molecule has 0 unspecified atom stereocenters. The zero-order valence-corrected chi connectivity index (χ0v) is 12.0. The molecule has 1 aliphatic rings. The van der Waals surface area contributed by atoms with Crippen LogP contribution in [-0.2, 0) is 0 Å². The highest BCUT2D eigenvalue weighted by Gasteiger charge is 2.13. The van der Waals surface area contributed by atoms with Crippen molar-refractivity contribution in [2.75, 3.05) is 19.7 Å². The van der Waals surface area contributed by atoms with Gasteiger partial charge in [-0.1, -0.05) is 17.7 Å². The lowest BCUT2D eigenvalue weighted by atomic mass is 9.95. The van der Waals surface area contributed by atoms with E-state index in [-0.39, 0.29) is 0 Å². The van der Waals surface area contributed by atoms with Gasteiger partial charge in [-0.3, -0.25) is 0 Å². The molecule has 0 aliphatic carbocycles. The van der Waals surface area contributed by atoms with Crippen molar-refractivity contribution < 1.29 is 4.74 Å². The fourth-order valence-electron chi connectivity index (χ4n) is 2.58. The normalized spacial score (nSPS) is 16.8. The average Bonchev–Trinajstić information content (AvgIpc) is 2.34. The Hall–Kier alpha value is -0.730. The third-order valence-corrected chi connectivity index (χ3v) is 3.89. The van der Waals surface area contributed by atoms with E-state index in [1.807, 2.05) is 6.07 Å². The Balaban J connectivity index is 1.86. The van der Waals surface area contributed by atoms with Gasteiger partial charge in [0.1, 0.15) is 5.75 Å². The molecule has 18 heavy (non-hydrogen) atoms. The van der Waals surface area contributed by atoms with Crippen LogP contribution in [0.1, 0.15) is 30.4 Å². The Morgan fingerprint density at radius 2 is 2.00 bits per heavy atom. The molecule has 0 amide bonds. The number of halogens is 1. The molecule has 0 atom stereocenters. The van der Waals surface area contributed by atoms with Crippen molar-refractivity contribution in [3.05, 3.63) is 28.3 Å². The summed E-state index contributed by atoms with van der Waals surface area (Å²) in [5.74, 6) is 1.66. The second-order valence-corrected chi connectivity index (χ2v) is 5.63. The first kappa shape index (κ1) is 13.7. The van der Waals surface area contributed by atoms with Gasteiger partial charge in [0, 0.05) is 0 Å². The largest absolute Gasteiger partial charge is 0.492 e. The van der Waals surface area contributed by atoms with Gasteiger partial charge < -0.3 is 10.1 Å². The highest BCUT2D eigenvalue weighted by atomic mass is 35.5. The van der Waals surface area contributed by atoms with Gasteiger partial charge in [0.25, 0.3) is 0 Å². The summed E-state index contributed by atoms with van der Waals surface area (Å²) in [4.78, 5) is 0. The minimum atomic E-state index is 0.734. The predicted octanol–water partition coefficient (Wildman–Crippen LogP) is 3.73. The molecular weight excluding hydrogens is 246 g/mol. The Labute approximate surface area is 115 Å². The first-order valence-electron chi connectivity index (χ1n) is 6.77. The molecule has 0 radical (unpaired) electrons. The molecule has 1 saturated heterocycles. The SMILES string of the molecule is Cc1cc(C)c(OCCC2CCNCC2)c(Cl)c1. The molecule has 100 valence electrons. The summed E-state index contributed by atoms with van der Waals surface area (Å²) in [6.45, 7) is 7.18. The second-order valence-electron chi connectivity index (χ2n) is 5.22. The quantitative estimate of drug-likeness (QED) is 0.898. The summed E-state index contributed by atoms with van der Waals surface area (Å²) in [7, 11) is 0. The van der Waals surface area contributed by atoms with Crippen LogP contribution in [0.15, 0.2) is 12.1 Å². The van der Waals surface area contributed by atoms with Crippen molar-refractivity contribution in [2.24, 2.45) is 5.92 Å². The van der Waals surface area contributed by atoms with Crippen molar-refractivity contribution in [1.82, 2.24) is 5.32 Å². The van der Waals surface area contributed by atoms with Gasteiger partial charge >= 0.3 is 0 Å². The lowest BCUT2D eigenvalue weighted by molar-refractivity contribution is 0.251. The second kappa shape index (κ2) is 6.44. The van der Waals surface area contributed by atoms with Gasteiger partial charge in [-0.25, -0.2) is 0 Å². The highest BCUT2D eigenvalue weighted by molar-refractivity contribution is 6.32. The van der Waals surface area contributed by atoms with Crippen molar-refractivity contribution in [2.45, 2.75) is 33.1 Å². The van der Waals surface area contributed by atoms with E-state index in [0.717, 1.165) is 48.4 Å². The van der Waals surface area contributed by atoms with Gasteiger partial charge in [-0.05, 0) is 69.3 Å². The van der Waals surface area contributed by atoms with Gasteiger partial charge in [0.05, 0.1) is 11.6 Å². The van der Waals surface area contributed by atoms with E-state index >= 15 is 0 Å². The predicted molar refractivity (Wildman–Crippen MR) is 76.6 cm³/mol. The Bertz CT molecular complexity index is 376. The lowest BCUT2D eigenvalue weighted by Gasteiger charge is -2.22. The Morgan fingerprint density at radius 3 is 2.67 bits per heavy atom. The molecule has 0 aromatic heterocycles. The van der Waals surface area contributed by atoms with Crippen LogP contribution in [0.4, 0.5) is 0 Å². The van der Waals surface area contributed by atoms with Gasteiger partial charge in [0.2, 0.25) is 0 Å². The van der Waals surface area contributed by atoms with Gasteiger partial charge in [0.15, 0.2) is 0 Å². The summed E-state index contributed by atoms with van der Waals surface area (Å²) in [5.41, 5.74) is 2.31. The molecule has 0 bridgehead atoms. The van der Waals surface area contributed by atoms with Crippen LogP contribution in [0, 0.1) is 19.8 Å². The zero-order valence-electron chi connectivity index (χ0n) is 11.3. The molecular formula is C15H22ClNO. The van der Waals surface area contributed by atoms with Crippen molar-refractivity contribution in [3.63, 3.8) is 0 Å². The number of hydrogen-bond acceptors (Lipinski definition) is 2. The molecule has 2 nitrogen and oxygen atoms in total. The molecule has 1 N–H and O–H groups in total. The van der Waals surface area contributed by atoms with Crippen LogP contribution in [0.3, 0.4) is 0 Å².